The molecule has 1 fully saturated rings. The van der Waals surface area contributed by atoms with E-state index in [2.05, 4.69) is 41.6 Å². The Morgan fingerprint density at radius 3 is 2.71 bits per heavy atom. The summed E-state index contributed by atoms with van der Waals surface area (Å²) in [6.07, 6.45) is 0.139. The lowest BCUT2D eigenvalue weighted by Crippen LogP contribution is -2.20. The number of carbonyl (C=O) groups excluding carboxylic acids is 1. The molecule has 0 bridgehead atoms. The highest BCUT2D eigenvalue weighted by atomic mass is 32.1. The Labute approximate surface area is 240 Å². The van der Waals surface area contributed by atoms with E-state index < -0.39 is 32.6 Å². The van der Waals surface area contributed by atoms with Gasteiger partial charge in [-0.3, -0.25) is 14.3 Å². The Morgan fingerprint density at radius 2 is 2.07 bits per heavy atom. The highest BCUT2D eigenvalue weighted by molar-refractivity contribution is 7.46. The van der Waals surface area contributed by atoms with E-state index in [1.54, 1.807) is 6.92 Å². The van der Waals surface area contributed by atoms with Gasteiger partial charge in [0.1, 0.15) is 11.4 Å². The lowest BCUT2D eigenvalue weighted by molar-refractivity contribution is 0.0996. The molecular formula is C25H21F2N6O7PS. The van der Waals surface area contributed by atoms with Crippen LogP contribution in [0.25, 0.3) is 22.6 Å². The fourth-order valence-electron chi connectivity index (χ4n) is 3.65. The first-order valence-corrected chi connectivity index (χ1v) is 14.5. The zero-order valence-corrected chi connectivity index (χ0v) is 23.6. The molecule has 3 aromatic heterocycles. The van der Waals surface area contributed by atoms with Crippen molar-refractivity contribution < 1.29 is 41.6 Å². The normalized spacial score (nSPS) is 13.7. The second-order valence-corrected chi connectivity index (χ2v) is 11.1. The van der Waals surface area contributed by atoms with Crippen LogP contribution in [0.3, 0.4) is 0 Å². The fourth-order valence-corrected chi connectivity index (χ4v) is 4.66. The number of carbonyl (C=O) groups is 1. The third-order valence-electron chi connectivity index (χ3n) is 5.77. The highest BCUT2D eigenvalue weighted by Crippen LogP contribution is 2.38. The maximum Gasteiger partial charge on any atom is 0.471 e. The minimum absolute atomic E-state index is 0.0267. The topological polar surface area (TPSA) is 175 Å². The Morgan fingerprint density at radius 1 is 1.29 bits per heavy atom. The second-order valence-electron chi connectivity index (χ2n) is 8.90. The number of phosphoric ester groups is 1. The zero-order chi connectivity index (χ0) is 30.0. The van der Waals surface area contributed by atoms with E-state index >= 15 is 0 Å². The molecule has 0 radical (unpaired) electrons. The Kier molecular flexibility index (Phi) is 8.39. The monoisotopic (exact) mass is 618 g/mol. The SMILES string of the molecule is COc1cnc(C(F)F)cc1-c1cc(-c2nnc(C)o2)ccc1C(=O)N=c1sc(C#CC2CC2)nn1COP(=O)(O)O. The smallest absolute Gasteiger partial charge is 0.471 e. The van der Waals surface area contributed by atoms with E-state index in [-0.39, 0.29) is 49.9 Å². The molecule has 0 saturated heterocycles. The van der Waals surface area contributed by atoms with Gasteiger partial charge in [0, 0.05) is 29.5 Å². The van der Waals surface area contributed by atoms with Crippen LogP contribution < -0.4 is 9.54 Å². The van der Waals surface area contributed by atoms with Gasteiger partial charge in [-0.15, -0.1) is 15.3 Å². The van der Waals surface area contributed by atoms with E-state index in [4.69, 9.17) is 18.9 Å². The van der Waals surface area contributed by atoms with Gasteiger partial charge >= 0.3 is 7.82 Å². The maximum absolute atomic E-state index is 13.6. The second kappa shape index (κ2) is 12.0. The van der Waals surface area contributed by atoms with E-state index in [0.29, 0.717) is 5.56 Å². The summed E-state index contributed by atoms with van der Waals surface area (Å²) in [6.45, 7) is 0.884. The predicted molar refractivity (Wildman–Crippen MR) is 142 cm³/mol. The molecule has 42 heavy (non-hydrogen) atoms. The van der Waals surface area contributed by atoms with E-state index in [1.807, 2.05) is 0 Å². The Bertz CT molecular complexity index is 1830. The quantitative estimate of drug-likeness (QED) is 0.217. The number of phosphoric acid groups is 1. The number of alkyl halides is 2. The first-order chi connectivity index (χ1) is 20.0. The van der Waals surface area contributed by atoms with Crippen molar-refractivity contribution in [2.75, 3.05) is 7.11 Å². The first kappa shape index (κ1) is 29.4. The van der Waals surface area contributed by atoms with Crippen molar-refractivity contribution in [2.45, 2.75) is 32.9 Å². The number of benzene rings is 1. The van der Waals surface area contributed by atoms with E-state index in [1.165, 1.54) is 25.3 Å². The molecule has 0 unspecified atom stereocenters. The molecule has 1 saturated carbocycles. The van der Waals surface area contributed by atoms with Crippen LogP contribution in [0.4, 0.5) is 8.78 Å². The molecule has 1 aliphatic rings. The van der Waals surface area contributed by atoms with Gasteiger partial charge in [-0.2, -0.15) is 4.99 Å². The molecule has 0 spiro atoms. The Hall–Kier alpha value is -4.13. The van der Waals surface area contributed by atoms with Crippen LogP contribution in [0.15, 0.2) is 39.9 Å². The minimum atomic E-state index is -4.88. The van der Waals surface area contributed by atoms with Crippen molar-refractivity contribution in [1.82, 2.24) is 25.0 Å². The molecular weight excluding hydrogens is 597 g/mol. The zero-order valence-electron chi connectivity index (χ0n) is 21.9. The summed E-state index contributed by atoms with van der Waals surface area (Å²) in [7, 11) is -3.55. The van der Waals surface area contributed by atoms with Gasteiger partial charge in [-0.25, -0.2) is 18.0 Å². The molecule has 13 nitrogen and oxygen atoms in total. The van der Waals surface area contributed by atoms with Gasteiger partial charge in [0.25, 0.3) is 12.3 Å². The minimum Gasteiger partial charge on any atom is -0.494 e. The molecule has 1 aliphatic carbocycles. The molecule has 1 aromatic carbocycles. The number of pyridine rings is 1. The Balaban J connectivity index is 1.64. The number of hydrogen-bond donors (Lipinski definition) is 2. The third-order valence-corrected chi connectivity index (χ3v) is 7.08. The maximum atomic E-state index is 13.6. The number of methoxy groups -OCH3 is 1. The van der Waals surface area contributed by atoms with Crippen LogP contribution in [0.1, 0.15) is 46.2 Å². The molecule has 1 amide bonds. The average Bonchev–Trinajstić information content (AvgIpc) is 3.56. The lowest BCUT2D eigenvalue weighted by Gasteiger charge is -2.13. The molecule has 2 N–H and O–H groups in total. The standard InChI is InChI=1S/C25H21F2N6O7PS/c1-13-30-31-24(40-13)15-6-7-16(17(9-15)18-10-19(22(26)27)28-11-20(18)38-2)23(34)29-25-33(12-39-41(35,36)37)32-21(42-25)8-5-14-3-4-14/h6-7,9-11,14,22H,3-4,12H2,1-2H3,(H2,35,36,37). The average molecular weight is 619 g/mol. The number of hydrogen-bond acceptors (Lipinski definition) is 10. The van der Waals surface area contributed by atoms with Gasteiger partial charge in [0.2, 0.25) is 16.6 Å². The highest BCUT2D eigenvalue weighted by Gasteiger charge is 2.23. The number of ether oxygens (including phenoxy) is 1. The third kappa shape index (κ3) is 7.01. The van der Waals surface area contributed by atoms with Gasteiger partial charge < -0.3 is 18.9 Å². The molecule has 0 atom stereocenters. The van der Waals surface area contributed by atoms with Gasteiger partial charge in [0.15, 0.2) is 11.7 Å². The van der Waals surface area contributed by atoms with Crippen LogP contribution >= 0.6 is 19.2 Å². The van der Waals surface area contributed by atoms with Crippen molar-refractivity contribution in [2.24, 2.45) is 10.9 Å². The summed E-state index contributed by atoms with van der Waals surface area (Å²) in [5, 5.41) is 12.2. The summed E-state index contributed by atoms with van der Waals surface area (Å²) in [6, 6.07) is 5.52. The van der Waals surface area contributed by atoms with Crippen molar-refractivity contribution in [3.63, 3.8) is 0 Å². The molecule has 4 aromatic rings. The van der Waals surface area contributed by atoms with Crippen LogP contribution in [-0.2, 0) is 15.8 Å². The summed E-state index contributed by atoms with van der Waals surface area (Å²) in [5.41, 5.74) is 0.0854. The summed E-state index contributed by atoms with van der Waals surface area (Å²) >= 11 is 0.912. The van der Waals surface area contributed by atoms with Gasteiger partial charge in [0.05, 0.1) is 13.3 Å². The van der Waals surface area contributed by atoms with Crippen molar-refractivity contribution in [1.29, 1.82) is 0 Å². The molecule has 17 heteroatoms. The predicted octanol–water partition coefficient (Wildman–Crippen LogP) is 3.88. The van der Waals surface area contributed by atoms with E-state index in [9.17, 15) is 18.1 Å². The van der Waals surface area contributed by atoms with Crippen LogP contribution in [0.5, 0.6) is 5.75 Å². The van der Waals surface area contributed by atoms with Crippen molar-refractivity contribution in [3.05, 3.63) is 57.4 Å². The largest absolute Gasteiger partial charge is 0.494 e. The van der Waals surface area contributed by atoms with Crippen LogP contribution in [-0.4, -0.2) is 47.8 Å². The number of rotatable bonds is 8. The van der Waals surface area contributed by atoms with Crippen molar-refractivity contribution in [3.8, 4) is 40.2 Å². The first-order valence-electron chi connectivity index (χ1n) is 12.2. The van der Waals surface area contributed by atoms with E-state index in [0.717, 1.165) is 41.1 Å². The van der Waals surface area contributed by atoms with Crippen molar-refractivity contribution >= 4 is 25.1 Å². The lowest BCUT2D eigenvalue weighted by atomic mass is 9.96. The molecule has 3 heterocycles. The summed E-state index contributed by atoms with van der Waals surface area (Å²) < 4.78 is 54.9. The molecule has 5 rings (SSSR count). The molecule has 0 aliphatic heterocycles. The summed E-state index contributed by atoms with van der Waals surface area (Å²) in [5.74, 6) is 5.82. The van der Waals surface area contributed by atoms with Gasteiger partial charge in [-0.1, -0.05) is 17.3 Å². The summed E-state index contributed by atoms with van der Waals surface area (Å²) in [4.78, 5) is 39.7. The van der Waals surface area contributed by atoms with Crippen LogP contribution in [0.2, 0.25) is 0 Å². The number of halogens is 2. The number of aromatic nitrogens is 5. The van der Waals surface area contributed by atoms with Gasteiger partial charge in [-0.05, 0) is 48.6 Å². The number of nitrogens with zero attached hydrogens (tertiary/aromatic N) is 6. The fraction of sp³-hybridized carbons (Fsp3) is 0.280. The molecule has 218 valence electrons. The number of amides is 1. The van der Waals surface area contributed by atoms with Crippen LogP contribution in [0, 0.1) is 24.7 Å². The number of aryl methyl sites for hydroxylation is 1.